The number of nitrogens with one attached hydrogen (secondary N) is 2. The molecule has 0 aromatic heterocycles. The molecule has 2 N–H and O–H groups in total. The molecule has 4 aromatic rings. The van der Waals surface area contributed by atoms with E-state index in [1.807, 2.05) is 6.07 Å². The van der Waals surface area contributed by atoms with E-state index < -0.39 is 28.3 Å². The Kier molecular flexibility index (Phi) is 8.47. The van der Waals surface area contributed by atoms with Gasteiger partial charge in [-0.15, -0.1) is 0 Å². The Labute approximate surface area is 225 Å². The zero-order chi connectivity index (χ0) is 27.8. The van der Waals surface area contributed by atoms with Gasteiger partial charge in [0, 0.05) is 11.3 Å². The first-order chi connectivity index (χ1) is 18.7. The summed E-state index contributed by atoms with van der Waals surface area (Å²) >= 11 is 0. The number of carbonyl (C=O) groups excluding carboxylic acids is 2. The first-order valence-corrected chi connectivity index (χ1v) is 13.3. The lowest BCUT2D eigenvalue weighted by Crippen LogP contribution is -2.39. The van der Waals surface area contributed by atoms with Gasteiger partial charge in [0.1, 0.15) is 12.4 Å². The van der Waals surface area contributed by atoms with Gasteiger partial charge in [-0.3, -0.25) is 13.9 Å². The van der Waals surface area contributed by atoms with Crippen LogP contribution in [0.25, 0.3) is 0 Å². The largest absolute Gasteiger partial charge is 0.322 e. The van der Waals surface area contributed by atoms with Crippen LogP contribution < -0.4 is 15.0 Å². The molecule has 2 amide bonds. The lowest BCUT2D eigenvalue weighted by Gasteiger charge is -2.23. The number of hydrogen-bond acceptors (Lipinski definition) is 5. The van der Waals surface area contributed by atoms with Crippen molar-refractivity contribution in [3.63, 3.8) is 0 Å². The van der Waals surface area contributed by atoms with Crippen LogP contribution in [-0.2, 0) is 14.8 Å². The molecule has 0 bridgehead atoms. The summed E-state index contributed by atoms with van der Waals surface area (Å²) < 4.78 is 41.0. The molecular formula is C29H25FN4O4S. The number of benzene rings is 4. The van der Waals surface area contributed by atoms with Crippen molar-refractivity contribution in [1.82, 2.24) is 5.43 Å². The minimum Gasteiger partial charge on any atom is -0.322 e. The fourth-order valence-corrected chi connectivity index (χ4v) is 5.08. The van der Waals surface area contributed by atoms with E-state index in [0.717, 1.165) is 16.4 Å². The summed E-state index contributed by atoms with van der Waals surface area (Å²) in [6.45, 7) is 1.07. The number of nitrogens with zero attached hydrogens (tertiary/aromatic N) is 2. The standard InChI is InChI=1S/C29H25FN4O4S/c1-21(23-11-8-12-25(19-23)31-29(36)22-9-4-2-5-10-22)32-33-28(35)20-34(26-17-15-24(30)16-18-26)39(37,38)27-13-6-3-7-14-27/h2-19H,20H2,1H3,(H,31,36)(H,33,35)/b32-21-. The number of sulfonamides is 1. The molecule has 0 saturated heterocycles. The van der Waals surface area contributed by atoms with Crippen molar-refractivity contribution < 1.29 is 22.4 Å². The van der Waals surface area contributed by atoms with E-state index in [9.17, 15) is 22.4 Å². The molecule has 0 aliphatic carbocycles. The summed E-state index contributed by atoms with van der Waals surface area (Å²) in [4.78, 5) is 25.3. The Morgan fingerprint density at radius 2 is 1.44 bits per heavy atom. The normalized spacial score (nSPS) is 11.5. The highest BCUT2D eigenvalue weighted by molar-refractivity contribution is 7.92. The monoisotopic (exact) mass is 544 g/mol. The number of anilines is 2. The Balaban J connectivity index is 1.49. The molecule has 0 unspecified atom stereocenters. The highest BCUT2D eigenvalue weighted by Crippen LogP contribution is 2.23. The van der Waals surface area contributed by atoms with Crippen LogP contribution in [0, 0.1) is 5.82 Å². The molecule has 10 heteroatoms. The summed E-state index contributed by atoms with van der Waals surface area (Å²) in [5.74, 6) is -1.51. The van der Waals surface area contributed by atoms with Crippen molar-refractivity contribution in [2.24, 2.45) is 5.10 Å². The molecule has 0 aliphatic heterocycles. The summed E-state index contributed by atoms with van der Waals surface area (Å²) in [6, 6.07) is 28.1. The molecule has 0 atom stereocenters. The summed E-state index contributed by atoms with van der Waals surface area (Å²) in [5.41, 5.74) is 4.62. The van der Waals surface area contributed by atoms with Gasteiger partial charge in [0.2, 0.25) is 0 Å². The molecule has 0 spiro atoms. The average Bonchev–Trinajstić information content (AvgIpc) is 2.96. The lowest BCUT2D eigenvalue weighted by molar-refractivity contribution is -0.119. The Bertz CT molecular complexity index is 1590. The third-order valence-corrected chi connectivity index (χ3v) is 7.44. The highest BCUT2D eigenvalue weighted by atomic mass is 32.2. The van der Waals surface area contributed by atoms with E-state index in [0.29, 0.717) is 22.5 Å². The van der Waals surface area contributed by atoms with Gasteiger partial charge in [-0.1, -0.05) is 48.5 Å². The third kappa shape index (κ3) is 6.93. The maximum absolute atomic E-state index is 13.5. The minimum absolute atomic E-state index is 0.0174. The van der Waals surface area contributed by atoms with Gasteiger partial charge in [-0.25, -0.2) is 18.2 Å². The number of carbonyl (C=O) groups is 2. The summed E-state index contributed by atoms with van der Waals surface area (Å²) in [5, 5.41) is 6.93. The number of rotatable bonds is 9. The number of halogens is 1. The lowest BCUT2D eigenvalue weighted by atomic mass is 10.1. The number of hydrazone groups is 1. The maximum atomic E-state index is 13.5. The quantitative estimate of drug-likeness (QED) is 0.233. The first kappa shape index (κ1) is 27.2. The van der Waals surface area contributed by atoms with Crippen LogP contribution in [0.15, 0.2) is 119 Å². The van der Waals surface area contributed by atoms with E-state index in [-0.39, 0.29) is 16.5 Å². The topological polar surface area (TPSA) is 108 Å². The van der Waals surface area contributed by atoms with Crippen molar-refractivity contribution in [3.8, 4) is 0 Å². The molecule has 8 nitrogen and oxygen atoms in total. The first-order valence-electron chi connectivity index (χ1n) is 11.9. The fraction of sp³-hybridized carbons (Fsp3) is 0.0690. The second-order valence-electron chi connectivity index (χ2n) is 8.43. The Morgan fingerprint density at radius 3 is 2.10 bits per heavy atom. The van der Waals surface area contributed by atoms with E-state index >= 15 is 0 Å². The van der Waals surface area contributed by atoms with Crippen molar-refractivity contribution in [1.29, 1.82) is 0 Å². The van der Waals surface area contributed by atoms with Crippen molar-refractivity contribution in [2.45, 2.75) is 11.8 Å². The van der Waals surface area contributed by atoms with Crippen molar-refractivity contribution >= 4 is 38.9 Å². The predicted molar refractivity (Wildman–Crippen MR) is 149 cm³/mol. The van der Waals surface area contributed by atoms with E-state index in [4.69, 9.17) is 0 Å². The van der Waals surface area contributed by atoms with Crippen LogP contribution in [0.2, 0.25) is 0 Å². The predicted octanol–water partition coefficient (Wildman–Crippen LogP) is 4.81. The highest BCUT2D eigenvalue weighted by Gasteiger charge is 2.27. The van der Waals surface area contributed by atoms with Crippen molar-refractivity contribution in [3.05, 3.63) is 126 Å². The van der Waals surface area contributed by atoms with Crippen LogP contribution in [0.1, 0.15) is 22.8 Å². The molecule has 0 saturated carbocycles. The van der Waals surface area contributed by atoms with Gasteiger partial charge >= 0.3 is 0 Å². The van der Waals surface area contributed by atoms with Crippen LogP contribution >= 0.6 is 0 Å². The molecule has 4 rings (SSSR count). The number of hydrogen-bond donors (Lipinski definition) is 2. The maximum Gasteiger partial charge on any atom is 0.264 e. The van der Waals surface area contributed by atoms with E-state index in [1.54, 1.807) is 73.7 Å². The minimum atomic E-state index is -4.13. The molecule has 0 aliphatic rings. The van der Waals surface area contributed by atoms with Crippen LogP contribution in [0.5, 0.6) is 0 Å². The second kappa shape index (κ2) is 12.1. The molecular weight excluding hydrogens is 519 g/mol. The smallest absolute Gasteiger partial charge is 0.264 e. The molecule has 4 aromatic carbocycles. The number of amides is 2. The molecule has 0 radical (unpaired) electrons. The Hall–Kier alpha value is -4.83. The second-order valence-corrected chi connectivity index (χ2v) is 10.3. The zero-order valence-electron chi connectivity index (χ0n) is 20.9. The van der Waals surface area contributed by atoms with Gasteiger partial charge in [-0.05, 0) is 73.2 Å². The van der Waals surface area contributed by atoms with Crippen LogP contribution in [0.4, 0.5) is 15.8 Å². The zero-order valence-corrected chi connectivity index (χ0v) is 21.7. The van der Waals surface area contributed by atoms with Crippen LogP contribution in [-0.4, -0.2) is 32.5 Å². The van der Waals surface area contributed by atoms with Gasteiger partial charge in [-0.2, -0.15) is 5.10 Å². The van der Waals surface area contributed by atoms with Gasteiger partial charge in [0.05, 0.1) is 16.3 Å². The van der Waals surface area contributed by atoms with Gasteiger partial charge in [0.25, 0.3) is 21.8 Å². The molecule has 0 fully saturated rings. The van der Waals surface area contributed by atoms with Crippen molar-refractivity contribution in [2.75, 3.05) is 16.2 Å². The molecule has 198 valence electrons. The Morgan fingerprint density at radius 1 is 0.821 bits per heavy atom. The van der Waals surface area contributed by atoms with Crippen LogP contribution in [0.3, 0.4) is 0 Å². The molecule has 0 heterocycles. The third-order valence-electron chi connectivity index (χ3n) is 5.66. The SMILES string of the molecule is C/C(=N/NC(=O)CN(c1ccc(F)cc1)S(=O)(=O)c1ccccc1)c1cccc(NC(=O)c2ccccc2)c1. The van der Waals surface area contributed by atoms with Gasteiger partial charge in [0.15, 0.2) is 0 Å². The average molecular weight is 545 g/mol. The molecule has 39 heavy (non-hydrogen) atoms. The summed E-state index contributed by atoms with van der Waals surface area (Å²) in [6.07, 6.45) is 0. The van der Waals surface area contributed by atoms with Gasteiger partial charge < -0.3 is 5.32 Å². The fourth-order valence-electron chi connectivity index (χ4n) is 3.63. The van der Waals surface area contributed by atoms with E-state index in [2.05, 4.69) is 15.8 Å². The summed E-state index contributed by atoms with van der Waals surface area (Å²) in [7, 11) is -4.13. The van der Waals surface area contributed by atoms with E-state index in [1.165, 1.54) is 24.3 Å².